The van der Waals surface area contributed by atoms with E-state index in [9.17, 15) is 14.4 Å². The molecule has 0 aromatic heterocycles. The van der Waals surface area contributed by atoms with Crippen LogP contribution in [0.15, 0.2) is 24.3 Å². The van der Waals surface area contributed by atoms with Gasteiger partial charge in [-0.1, -0.05) is 12.1 Å². The van der Waals surface area contributed by atoms with Crippen LogP contribution in [0.2, 0.25) is 0 Å². The van der Waals surface area contributed by atoms with Crippen LogP contribution in [0.25, 0.3) is 0 Å². The molecule has 0 radical (unpaired) electrons. The van der Waals surface area contributed by atoms with Crippen molar-refractivity contribution in [2.75, 3.05) is 26.2 Å². The van der Waals surface area contributed by atoms with Gasteiger partial charge in [0.1, 0.15) is 13.3 Å². The van der Waals surface area contributed by atoms with Crippen LogP contribution in [-0.2, 0) is 11.0 Å². The molecule has 12 heteroatoms. The van der Waals surface area contributed by atoms with Gasteiger partial charge in [-0.15, -0.1) is 0 Å². The molecule has 120 valence electrons. The van der Waals surface area contributed by atoms with Gasteiger partial charge < -0.3 is 24.0 Å². The molecule has 0 aliphatic heterocycles. The molecule has 23 heavy (non-hydrogen) atoms. The summed E-state index contributed by atoms with van der Waals surface area (Å²) in [6.45, 7) is 0.0875. The van der Waals surface area contributed by atoms with E-state index >= 15 is 0 Å². The van der Waals surface area contributed by atoms with E-state index in [0.717, 1.165) is 10.5 Å². The van der Waals surface area contributed by atoms with Gasteiger partial charge in [0.25, 0.3) is 0 Å². The molecule has 0 fully saturated rings. The fourth-order valence-electron chi connectivity index (χ4n) is 1.78. The summed E-state index contributed by atoms with van der Waals surface area (Å²) >= 11 is 0. The average Bonchev–Trinajstić information content (AvgIpc) is 2.33. The van der Waals surface area contributed by atoms with Gasteiger partial charge in [0.2, 0.25) is 7.94 Å². The largest absolute Gasteiger partial charge is 1.00 e. The van der Waals surface area contributed by atoms with E-state index in [1.807, 2.05) is 0 Å². The Morgan fingerprint density at radius 3 is 2.17 bits per heavy atom. The second-order valence-electron chi connectivity index (χ2n) is 4.58. The Morgan fingerprint density at radius 1 is 1.26 bits per heavy atom. The minimum Gasteiger partial charge on any atom is -0.778 e. The SMILES string of the molecule is COc1ccc(CCN(CP(=O)([O-])O)C[P+]([O-])(O)O)cc1.[Na+].[Na+]. The van der Waals surface area contributed by atoms with Gasteiger partial charge in [-0.2, -0.15) is 0 Å². The van der Waals surface area contributed by atoms with Gasteiger partial charge in [0, 0.05) is 6.54 Å². The molecule has 0 heterocycles. The third-order valence-electron chi connectivity index (χ3n) is 2.64. The number of hydrogen-bond acceptors (Lipinski definition) is 7. The van der Waals surface area contributed by atoms with Gasteiger partial charge in [-0.3, -0.25) is 4.90 Å². The Labute approximate surface area is 180 Å². The van der Waals surface area contributed by atoms with Crippen LogP contribution >= 0.6 is 15.5 Å². The van der Waals surface area contributed by atoms with Crippen LogP contribution < -0.4 is 73.6 Å². The summed E-state index contributed by atoms with van der Waals surface area (Å²) in [5, 5.41) is 0. The van der Waals surface area contributed by atoms with Gasteiger partial charge in [0.15, 0.2) is 6.29 Å². The first-order chi connectivity index (χ1) is 9.59. The fraction of sp³-hybridized carbons (Fsp3) is 0.455. The third-order valence-corrected chi connectivity index (χ3v) is 4.16. The van der Waals surface area contributed by atoms with Gasteiger partial charge in [0.05, 0.1) is 13.4 Å². The molecule has 0 saturated carbocycles. The van der Waals surface area contributed by atoms with Crippen LogP contribution in [-0.4, -0.2) is 45.8 Å². The molecule has 0 aliphatic carbocycles. The number of nitrogens with zero attached hydrogens (tertiary/aromatic N) is 1. The van der Waals surface area contributed by atoms with E-state index < -0.39 is 28.1 Å². The van der Waals surface area contributed by atoms with Crippen molar-refractivity contribution < 1.29 is 92.9 Å². The predicted molar refractivity (Wildman–Crippen MR) is 74.3 cm³/mol. The summed E-state index contributed by atoms with van der Waals surface area (Å²) in [7, 11) is -7.50. The van der Waals surface area contributed by atoms with Crippen molar-refractivity contribution in [3.05, 3.63) is 29.8 Å². The fourth-order valence-corrected chi connectivity index (χ4v) is 3.45. The summed E-state index contributed by atoms with van der Waals surface area (Å²) in [6, 6.07) is 6.99. The smallest absolute Gasteiger partial charge is 0.778 e. The van der Waals surface area contributed by atoms with E-state index in [1.165, 1.54) is 7.11 Å². The second kappa shape index (κ2) is 11.9. The first kappa shape index (κ1) is 26.7. The standard InChI is InChI=1S/C11H19NO7P2.2Na/c1-19-11-4-2-10(3-5-11)6-7-12(8-20(13,14)15)9-21(16,17)18;;/h2-5H,6-9H2,1H3,(H2,13,14,15)(H2,16,17,18);;/q;2*+1/p-1. The van der Waals surface area contributed by atoms with Crippen LogP contribution in [0, 0.1) is 0 Å². The normalized spacial score (nSPS) is 13.7. The van der Waals surface area contributed by atoms with E-state index in [1.54, 1.807) is 24.3 Å². The number of hydrogen-bond donors (Lipinski definition) is 3. The summed E-state index contributed by atoms with van der Waals surface area (Å²) in [5.74, 6) is 0.672. The van der Waals surface area contributed by atoms with E-state index in [2.05, 4.69) is 0 Å². The first-order valence-electron chi connectivity index (χ1n) is 6.02. The molecule has 0 saturated heterocycles. The first-order valence-corrected chi connectivity index (χ1v) is 9.58. The summed E-state index contributed by atoms with van der Waals surface area (Å²) in [5.41, 5.74) is 0.852. The maximum Gasteiger partial charge on any atom is 1.00 e. The average molecular weight is 384 g/mol. The molecule has 8 nitrogen and oxygen atoms in total. The zero-order valence-electron chi connectivity index (χ0n) is 13.5. The van der Waals surface area contributed by atoms with Crippen molar-refractivity contribution in [3.63, 3.8) is 0 Å². The number of methoxy groups -OCH3 is 1. The van der Waals surface area contributed by atoms with Crippen LogP contribution in [0.4, 0.5) is 0 Å². The van der Waals surface area contributed by atoms with Crippen molar-refractivity contribution in [3.8, 4) is 5.75 Å². The predicted octanol–water partition coefficient (Wildman–Crippen LogP) is -6.88. The van der Waals surface area contributed by atoms with Crippen LogP contribution in [0.5, 0.6) is 5.75 Å². The molecule has 1 unspecified atom stereocenters. The number of benzene rings is 1. The Balaban J connectivity index is 0. The molecule has 0 amide bonds. The molecular weight excluding hydrogens is 366 g/mol. The Morgan fingerprint density at radius 2 is 1.78 bits per heavy atom. The molecule has 0 spiro atoms. The molecule has 0 aliphatic rings. The number of rotatable bonds is 8. The topological polar surface area (TPSA) is 136 Å². The Kier molecular flexibility index (Phi) is 13.8. The van der Waals surface area contributed by atoms with Gasteiger partial charge in [-0.05, 0) is 24.1 Å². The minimum atomic E-state index is -4.63. The van der Waals surface area contributed by atoms with Crippen LogP contribution in [0.1, 0.15) is 5.56 Å². The monoisotopic (exact) mass is 384 g/mol. The molecule has 1 atom stereocenters. The van der Waals surface area contributed by atoms with Crippen molar-refractivity contribution in [1.29, 1.82) is 0 Å². The van der Waals surface area contributed by atoms with E-state index in [4.69, 9.17) is 19.4 Å². The minimum absolute atomic E-state index is 0. The van der Waals surface area contributed by atoms with Gasteiger partial charge >= 0.3 is 59.1 Å². The molecule has 1 aromatic rings. The summed E-state index contributed by atoms with van der Waals surface area (Å²) < 4.78 is 15.9. The summed E-state index contributed by atoms with van der Waals surface area (Å²) in [6.07, 6.45) is -1.14. The molecule has 3 N–H and O–H groups in total. The number of ether oxygens (including phenoxy) is 1. The molecule has 1 rings (SSSR count). The third kappa shape index (κ3) is 13.3. The zero-order chi connectivity index (χ0) is 16.1. The Hall–Kier alpha value is 1.44. The maximum absolute atomic E-state index is 11.0. The summed E-state index contributed by atoms with van der Waals surface area (Å²) in [4.78, 5) is 49.6. The second-order valence-corrected chi connectivity index (χ2v) is 7.75. The van der Waals surface area contributed by atoms with E-state index in [0.29, 0.717) is 12.2 Å². The Bertz CT molecular complexity index is 492. The van der Waals surface area contributed by atoms with Crippen molar-refractivity contribution in [2.45, 2.75) is 6.42 Å². The molecular formula is C11H18NNa2O7P2+. The zero-order valence-corrected chi connectivity index (χ0v) is 19.2. The van der Waals surface area contributed by atoms with Crippen molar-refractivity contribution in [2.24, 2.45) is 0 Å². The van der Waals surface area contributed by atoms with Crippen molar-refractivity contribution in [1.82, 2.24) is 4.90 Å². The van der Waals surface area contributed by atoms with Crippen LogP contribution in [0.3, 0.4) is 0 Å². The molecule has 0 bridgehead atoms. The van der Waals surface area contributed by atoms with Crippen molar-refractivity contribution >= 4 is 15.5 Å². The van der Waals surface area contributed by atoms with Gasteiger partial charge in [-0.25, -0.2) is 9.79 Å². The maximum atomic E-state index is 11.0. The van der Waals surface area contributed by atoms with E-state index in [-0.39, 0.29) is 65.7 Å². The molecule has 1 aromatic carbocycles. The quantitative estimate of drug-likeness (QED) is 0.297.